The van der Waals surface area contributed by atoms with Crippen molar-refractivity contribution < 1.29 is 4.74 Å². The van der Waals surface area contributed by atoms with E-state index in [1.807, 2.05) is 0 Å². The average Bonchev–Trinajstić information content (AvgIpc) is 2.36. The molecule has 2 aromatic carbocycles. The Labute approximate surface area is 115 Å². The Kier molecular flexibility index (Phi) is 4.58. The molecule has 0 spiro atoms. The normalized spacial score (nSPS) is 10.5. The molecule has 2 nitrogen and oxygen atoms in total. The first-order valence-electron chi connectivity index (χ1n) is 6.56. The van der Waals surface area contributed by atoms with Gasteiger partial charge in [0.15, 0.2) is 0 Å². The van der Waals surface area contributed by atoms with E-state index in [4.69, 9.17) is 4.74 Å². The Hall–Kier alpha value is -1.80. The molecule has 0 saturated heterocycles. The number of nitrogens with one attached hydrogen (secondary N) is 1. The lowest BCUT2D eigenvalue weighted by molar-refractivity contribution is 0.185. The van der Waals surface area contributed by atoms with E-state index in [2.05, 4.69) is 61.6 Å². The van der Waals surface area contributed by atoms with Gasteiger partial charge in [-0.2, -0.15) is 0 Å². The maximum Gasteiger partial charge on any atom is 0.0713 e. The van der Waals surface area contributed by atoms with Gasteiger partial charge in [0.2, 0.25) is 0 Å². The molecule has 0 saturated carbocycles. The molecule has 2 aromatic rings. The first-order chi connectivity index (χ1) is 9.17. The molecule has 0 aliphatic carbocycles. The largest absolute Gasteiger partial charge is 0.381 e. The summed E-state index contributed by atoms with van der Waals surface area (Å²) in [5, 5.41) is 3.47. The molecule has 0 fully saturated rings. The lowest BCUT2D eigenvalue weighted by atomic mass is 10.1. The van der Waals surface area contributed by atoms with Crippen molar-refractivity contribution in [2.45, 2.75) is 27.0 Å². The lowest BCUT2D eigenvalue weighted by Gasteiger charge is -2.10. The van der Waals surface area contributed by atoms with Gasteiger partial charge >= 0.3 is 0 Å². The van der Waals surface area contributed by atoms with Gasteiger partial charge in [0, 0.05) is 19.3 Å². The van der Waals surface area contributed by atoms with Crippen molar-refractivity contribution in [1.82, 2.24) is 0 Å². The molecule has 100 valence electrons. The first kappa shape index (κ1) is 13.6. The minimum Gasteiger partial charge on any atom is -0.381 e. The van der Waals surface area contributed by atoms with Crippen LogP contribution in [0.25, 0.3) is 0 Å². The van der Waals surface area contributed by atoms with E-state index in [1.54, 1.807) is 7.11 Å². The summed E-state index contributed by atoms with van der Waals surface area (Å²) in [6.07, 6.45) is 0. The van der Waals surface area contributed by atoms with Gasteiger partial charge in [-0.15, -0.1) is 0 Å². The summed E-state index contributed by atoms with van der Waals surface area (Å²) in [6.45, 7) is 5.74. The SMILES string of the molecule is COCc1cccc(CNc2cc(C)cc(C)c2)c1. The Balaban J connectivity index is 2.03. The smallest absolute Gasteiger partial charge is 0.0713 e. The Morgan fingerprint density at radius 1 is 0.947 bits per heavy atom. The molecule has 0 radical (unpaired) electrons. The van der Waals surface area contributed by atoms with Crippen LogP contribution in [0.15, 0.2) is 42.5 Å². The second-order valence-electron chi connectivity index (χ2n) is 4.98. The molecule has 0 heterocycles. The summed E-state index contributed by atoms with van der Waals surface area (Å²) in [7, 11) is 1.72. The van der Waals surface area contributed by atoms with E-state index in [-0.39, 0.29) is 0 Å². The van der Waals surface area contributed by atoms with Crippen molar-refractivity contribution in [2.24, 2.45) is 0 Å². The van der Waals surface area contributed by atoms with Crippen LogP contribution in [-0.4, -0.2) is 7.11 Å². The van der Waals surface area contributed by atoms with E-state index in [1.165, 1.54) is 27.9 Å². The number of rotatable bonds is 5. The van der Waals surface area contributed by atoms with Crippen molar-refractivity contribution in [3.05, 3.63) is 64.7 Å². The van der Waals surface area contributed by atoms with Crippen LogP contribution in [0.2, 0.25) is 0 Å². The van der Waals surface area contributed by atoms with Gasteiger partial charge in [0.1, 0.15) is 0 Å². The molecule has 0 atom stereocenters. The number of hydrogen-bond donors (Lipinski definition) is 1. The number of benzene rings is 2. The van der Waals surface area contributed by atoms with Crippen LogP contribution in [0, 0.1) is 13.8 Å². The third-order valence-electron chi connectivity index (χ3n) is 3.02. The zero-order valence-electron chi connectivity index (χ0n) is 11.9. The van der Waals surface area contributed by atoms with Crippen LogP contribution >= 0.6 is 0 Å². The zero-order chi connectivity index (χ0) is 13.7. The molecule has 0 bridgehead atoms. The minimum absolute atomic E-state index is 0.664. The van der Waals surface area contributed by atoms with Crippen molar-refractivity contribution in [3.8, 4) is 0 Å². The van der Waals surface area contributed by atoms with Gasteiger partial charge in [-0.3, -0.25) is 0 Å². The molecule has 0 aromatic heterocycles. The van der Waals surface area contributed by atoms with Crippen LogP contribution in [-0.2, 0) is 17.9 Å². The standard InChI is InChI=1S/C17H21NO/c1-13-7-14(2)9-17(8-13)18-11-15-5-4-6-16(10-15)12-19-3/h4-10,18H,11-12H2,1-3H3. The van der Waals surface area contributed by atoms with Gasteiger partial charge in [0.05, 0.1) is 6.61 Å². The summed E-state index contributed by atoms with van der Waals surface area (Å²) < 4.78 is 5.16. The average molecular weight is 255 g/mol. The third-order valence-corrected chi connectivity index (χ3v) is 3.02. The fourth-order valence-electron chi connectivity index (χ4n) is 2.28. The number of anilines is 1. The second kappa shape index (κ2) is 6.39. The fourth-order valence-corrected chi connectivity index (χ4v) is 2.28. The van der Waals surface area contributed by atoms with E-state index in [9.17, 15) is 0 Å². The summed E-state index contributed by atoms with van der Waals surface area (Å²) >= 11 is 0. The second-order valence-corrected chi connectivity index (χ2v) is 4.98. The Morgan fingerprint density at radius 2 is 1.63 bits per heavy atom. The van der Waals surface area contributed by atoms with Gasteiger partial charge in [-0.1, -0.05) is 30.3 Å². The monoisotopic (exact) mass is 255 g/mol. The van der Waals surface area contributed by atoms with E-state index >= 15 is 0 Å². The maximum absolute atomic E-state index is 5.16. The molecular formula is C17H21NO. The highest BCUT2D eigenvalue weighted by atomic mass is 16.5. The van der Waals surface area contributed by atoms with Crippen LogP contribution in [0.3, 0.4) is 0 Å². The number of aryl methyl sites for hydroxylation is 2. The maximum atomic E-state index is 5.16. The summed E-state index contributed by atoms with van der Waals surface area (Å²) in [5.74, 6) is 0. The van der Waals surface area contributed by atoms with Crippen LogP contribution < -0.4 is 5.32 Å². The van der Waals surface area contributed by atoms with Gasteiger partial charge < -0.3 is 10.1 Å². The number of hydrogen-bond acceptors (Lipinski definition) is 2. The van der Waals surface area contributed by atoms with E-state index < -0.39 is 0 Å². The predicted molar refractivity (Wildman–Crippen MR) is 80.4 cm³/mol. The predicted octanol–water partition coefficient (Wildman–Crippen LogP) is 4.06. The lowest BCUT2D eigenvalue weighted by Crippen LogP contribution is -2.01. The van der Waals surface area contributed by atoms with Gasteiger partial charge in [0.25, 0.3) is 0 Å². The highest BCUT2D eigenvalue weighted by molar-refractivity contribution is 5.48. The van der Waals surface area contributed by atoms with Crippen LogP contribution in [0.5, 0.6) is 0 Å². The number of methoxy groups -OCH3 is 1. The van der Waals surface area contributed by atoms with Crippen LogP contribution in [0.1, 0.15) is 22.3 Å². The van der Waals surface area contributed by atoms with Crippen molar-refractivity contribution in [2.75, 3.05) is 12.4 Å². The van der Waals surface area contributed by atoms with Gasteiger partial charge in [-0.25, -0.2) is 0 Å². The molecule has 19 heavy (non-hydrogen) atoms. The third kappa shape index (κ3) is 4.11. The quantitative estimate of drug-likeness (QED) is 0.870. The summed E-state index contributed by atoms with van der Waals surface area (Å²) in [5.41, 5.74) is 6.23. The van der Waals surface area contributed by atoms with Gasteiger partial charge in [-0.05, 0) is 48.2 Å². The highest BCUT2D eigenvalue weighted by Gasteiger charge is 1.98. The molecule has 2 heteroatoms. The highest BCUT2D eigenvalue weighted by Crippen LogP contribution is 2.15. The molecule has 0 aliphatic heterocycles. The minimum atomic E-state index is 0.664. The summed E-state index contributed by atoms with van der Waals surface area (Å²) in [6, 6.07) is 15.0. The molecule has 1 N–H and O–H groups in total. The van der Waals surface area contributed by atoms with Crippen LogP contribution in [0.4, 0.5) is 5.69 Å². The van der Waals surface area contributed by atoms with Crippen molar-refractivity contribution in [1.29, 1.82) is 0 Å². The fraction of sp³-hybridized carbons (Fsp3) is 0.294. The molecule has 2 rings (SSSR count). The molecular weight excluding hydrogens is 234 g/mol. The summed E-state index contributed by atoms with van der Waals surface area (Å²) in [4.78, 5) is 0. The first-order valence-corrected chi connectivity index (χ1v) is 6.56. The van der Waals surface area contributed by atoms with Crippen molar-refractivity contribution >= 4 is 5.69 Å². The molecule has 0 unspecified atom stereocenters. The van der Waals surface area contributed by atoms with E-state index in [0.717, 1.165) is 6.54 Å². The molecule has 0 aliphatic rings. The molecule has 0 amide bonds. The topological polar surface area (TPSA) is 21.3 Å². The van der Waals surface area contributed by atoms with E-state index in [0.29, 0.717) is 6.61 Å². The number of ether oxygens (including phenoxy) is 1. The Bertz CT molecular complexity index is 528. The zero-order valence-corrected chi connectivity index (χ0v) is 11.9. The Morgan fingerprint density at radius 3 is 2.32 bits per heavy atom. The van der Waals surface area contributed by atoms with Crippen molar-refractivity contribution in [3.63, 3.8) is 0 Å².